The number of amidine groups is 1. The van der Waals surface area contributed by atoms with Crippen LogP contribution >= 0.6 is 0 Å². The second-order valence-electron chi connectivity index (χ2n) is 4.18. The second kappa shape index (κ2) is 5.86. The van der Waals surface area contributed by atoms with Gasteiger partial charge in [0.25, 0.3) is 0 Å². The van der Waals surface area contributed by atoms with Gasteiger partial charge < -0.3 is 16.3 Å². The maximum atomic E-state index is 11.5. The van der Waals surface area contributed by atoms with Gasteiger partial charge in [-0.15, -0.1) is 0 Å². The Kier molecular flexibility index (Phi) is 3.97. The van der Waals surface area contributed by atoms with Crippen molar-refractivity contribution in [1.29, 1.82) is 0 Å². The number of nitrogens with zero attached hydrogens (tertiary/aromatic N) is 1. The number of oxime groups is 1. The molecule has 4 N–H and O–H groups in total. The predicted octanol–water partition coefficient (Wildman–Crippen LogP) is 1.59. The number of fused-ring (bicyclic) bond motifs is 1. The monoisotopic (exact) mass is 257 g/mol. The first-order valence-corrected chi connectivity index (χ1v) is 5.90. The number of hydrogen-bond acceptors (Lipinski definition) is 3. The lowest BCUT2D eigenvalue weighted by Crippen LogP contribution is -2.28. The van der Waals surface area contributed by atoms with Crippen LogP contribution in [-0.4, -0.2) is 17.0 Å². The fourth-order valence-corrected chi connectivity index (χ4v) is 1.90. The number of carbonyl (C=O) groups is 1. The van der Waals surface area contributed by atoms with Gasteiger partial charge in [-0.2, -0.15) is 0 Å². The minimum Gasteiger partial charge on any atom is -0.409 e. The van der Waals surface area contributed by atoms with Gasteiger partial charge in [0, 0.05) is 6.54 Å². The van der Waals surface area contributed by atoms with Crippen LogP contribution in [0.5, 0.6) is 0 Å². The molecule has 1 amide bonds. The van der Waals surface area contributed by atoms with E-state index in [0.29, 0.717) is 6.54 Å². The predicted molar refractivity (Wildman–Crippen MR) is 73.8 cm³/mol. The van der Waals surface area contributed by atoms with Crippen LogP contribution in [-0.2, 0) is 11.3 Å². The summed E-state index contributed by atoms with van der Waals surface area (Å²) in [5, 5.41) is 16.1. The topological polar surface area (TPSA) is 87.7 Å². The Labute approximate surface area is 110 Å². The van der Waals surface area contributed by atoms with Gasteiger partial charge in [0.15, 0.2) is 0 Å². The molecule has 0 radical (unpaired) electrons. The highest BCUT2D eigenvalue weighted by Crippen LogP contribution is 2.18. The quantitative estimate of drug-likeness (QED) is 0.336. The van der Waals surface area contributed by atoms with Crippen LogP contribution in [0.1, 0.15) is 12.0 Å². The van der Waals surface area contributed by atoms with Crippen molar-refractivity contribution in [2.45, 2.75) is 13.0 Å². The van der Waals surface area contributed by atoms with E-state index in [0.717, 1.165) is 16.3 Å². The van der Waals surface area contributed by atoms with Gasteiger partial charge in [-0.25, -0.2) is 0 Å². The molecule has 0 spiro atoms. The van der Waals surface area contributed by atoms with Crippen LogP contribution in [0, 0.1) is 0 Å². The molecule has 5 heteroatoms. The highest BCUT2D eigenvalue weighted by Gasteiger charge is 2.06. The zero-order chi connectivity index (χ0) is 13.7. The Morgan fingerprint density at radius 1 is 1.21 bits per heavy atom. The maximum Gasteiger partial charge on any atom is 0.227 e. The third kappa shape index (κ3) is 3.22. The van der Waals surface area contributed by atoms with Crippen LogP contribution in [0.4, 0.5) is 0 Å². The maximum absolute atomic E-state index is 11.5. The molecule has 0 aromatic heterocycles. The van der Waals surface area contributed by atoms with Gasteiger partial charge in [-0.3, -0.25) is 4.79 Å². The average molecular weight is 257 g/mol. The number of rotatable bonds is 4. The summed E-state index contributed by atoms with van der Waals surface area (Å²) in [5.41, 5.74) is 6.31. The van der Waals surface area contributed by atoms with Crippen LogP contribution < -0.4 is 11.1 Å². The molecule has 0 heterocycles. The number of hydrogen-bond donors (Lipinski definition) is 3. The molecule has 5 nitrogen and oxygen atoms in total. The summed E-state index contributed by atoms with van der Waals surface area (Å²) in [7, 11) is 0. The molecule has 0 saturated carbocycles. The largest absolute Gasteiger partial charge is 0.409 e. The highest BCUT2D eigenvalue weighted by molar-refractivity contribution is 5.98. The SMILES string of the molecule is NC(CC(=O)NCc1cccc2ccccc12)=NO. The van der Waals surface area contributed by atoms with Gasteiger partial charge in [-0.05, 0) is 16.3 Å². The molecule has 0 aliphatic rings. The van der Waals surface area contributed by atoms with E-state index < -0.39 is 0 Å². The zero-order valence-electron chi connectivity index (χ0n) is 10.3. The Hall–Kier alpha value is -2.56. The van der Waals surface area contributed by atoms with Crippen LogP contribution in [0.3, 0.4) is 0 Å². The molecule has 0 fully saturated rings. The summed E-state index contributed by atoms with van der Waals surface area (Å²) in [6, 6.07) is 13.9. The van der Waals surface area contributed by atoms with Gasteiger partial charge in [0.1, 0.15) is 5.84 Å². The first-order chi connectivity index (χ1) is 9.20. The molecular formula is C14H15N3O2. The highest BCUT2D eigenvalue weighted by atomic mass is 16.4. The molecule has 0 saturated heterocycles. The Balaban J connectivity index is 2.08. The molecule has 0 unspecified atom stereocenters. The smallest absolute Gasteiger partial charge is 0.227 e. The van der Waals surface area contributed by atoms with Crippen molar-refractivity contribution in [3.05, 3.63) is 48.0 Å². The first-order valence-electron chi connectivity index (χ1n) is 5.90. The van der Waals surface area contributed by atoms with Crippen molar-refractivity contribution in [1.82, 2.24) is 5.32 Å². The molecule has 19 heavy (non-hydrogen) atoms. The number of amides is 1. The van der Waals surface area contributed by atoms with Crippen molar-refractivity contribution in [3.8, 4) is 0 Å². The van der Waals surface area contributed by atoms with Crippen molar-refractivity contribution >= 4 is 22.5 Å². The van der Waals surface area contributed by atoms with Gasteiger partial charge in [0.05, 0.1) is 6.42 Å². The number of benzene rings is 2. The summed E-state index contributed by atoms with van der Waals surface area (Å²) in [6.07, 6.45) is -0.110. The normalized spacial score (nSPS) is 11.5. The lowest BCUT2D eigenvalue weighted by Gasteiger charge is -2.08. The fraction of sp³-hybridized carbons (Fsp3) is 0.143. The number of nitrogens with one attached hydrogen (secondary N) is 1. The van der Waals surface area contributed by atoms with Crippen molar-refractivity contribution < 1.29 is 10.0 Å². The Morgan fingerprint density at radius 3 is 2.74 bits per heavy atom. The minimum atomic E-state index is -0.275. The molecule has 0 atom stereocenters. The van der Waals surface area contributed by atoms with E-state index in [1.54, 1.807) is 0 Å². The number of nitrogens with two attached hydrogens (primary N) is 1. The summed E-state index contributed by atoms with van der Waals surface area (Å²) in [5.74, 6) is -0.376. The van der Waals surface area contributed by atoms with E-state index in [4.69, 9.17) is 10.9 Å². The average Bonchev–Trinajstić information content (AvgIpc) is 2.44. The molecule has 98 valence electrons. The number of carbonyl (C=O) groups excluding carboxylic acids is 1. The Bertz CT molecular complexity index is 618. The summed E-state index contributed by atoms with van der Waals surface area (Å²) < 4.78 is 0. The summed E-state index contributed by atoms with van der Waals surface area (Å²) in [6.45, 7) is 0.416. The zero-order valence-corrected chi connectivity index (χ0v) is 10.3. The van der Waals surface area contributed by atoms with Gasteiger partial charge >= 0.3 is 0 Å². The van der Waals surface area contributed by atoms with Crippen LogP contribution in [0.2, 0.25) is 0 Å². The van der Waals surface area contributed by atoms with Gasteiger partial charge in [0.2, 0.25) is 5.91 Å². The third-order valence-corrected chi connectivity index (χ3v) is 2.83. The van der Waals surface area contributed by atoms with E-state index in [2.05, 4.69) is 10.5 Å². The van der Waals surface area contributed by atoms with E-state index in [9.17, 15) is 4.79 Å². The standard InChI is InChI=1S/C14H15N3O2/c15-13(17-19)8-14(18)16-9-11-6-3-5-10-4-1-2-7-12(10)11/h1-7,19H,8-9H2,(H2,15,17)(H,16,18). The van der Waals surface area contributed by atoms with E-state index >= 15 is 0 Å². The molecule has 0 bridgehead atoms. The lowest BCUT2D eigenvalue weighted by molar-refractivity contribution is -0.120. The molecule has 2 rings (SSSR count). The summed E-state index contributed by atoms with van der Waals surface area (Å²) in [4.78, 5) is 11.5. The molecule has 2 aromatic carbocycles. The molecule has 0 aliphatic carbocycles. The second-order valence-corrected chi connectivity index (χ2v) is 4.18. The first kappa shape index (κ1) is 12.9. The van der Waals surface area contributed by atoms with Crippen LogP contribution in [0.25, 0.3) is 10.8 Å². The third-order valence-electron chi connectivity index (χ3n) is 2.83. The van der Waals surface area contributed by atoms with E-state index in [1.165, 1.54) is 0 Å². The van der Waals surface area contributed by atoms with Gasteiger partial charge in [-0.1, -0.05) is 47.6 Å². The van der Waals surface area contributed by atoms with Crippen molar-refractivity contribution in [2.75, 3.05) is 0 Å². The summed E-state index contributed by atoms with van der Waals surface area (Å²) >= 11 is 0. The van der Waals surface area contributed by atoms with E-state index in [1.807, 2.05) is 42.5 Å². The molecule has 2 aromatic rings. The minimum absolute atomic E-state index is 0.101. The van der Waals surface area contributed by atoms with Crippen LogP contribution in [0.15, 0.2) is 47.6 Å². The van der Waals surface area contributed by atoms with Crippen molar-refractivity contribution in [2.24, 2.45) is 10.9 Å². The Morgan fingerprint density at radius 2 is 1.95 bits per heavy atom. The molecular weight excluding hydrogens is 242 g/mol. The fourth-order valence-electron chi connectivity index (χ4n) is 1.90. The van der Waals surface area contributed by atoms with Crippen molar-refractivity contribution in [3.63, 3.8) is 0 Å². The lowest BCUT2D eigenvalue weighted by atomic mass is 10.0. The molecule has 0 aliphatic heterocycles. The van der Waals surface area contributed by atoms with E-state index in [-0.39, 0.29) is 18.2 Å².